The Kier molecular flexibility index (Phi) is 8.51. The minimum absolute atomic E-state index is 0.291. The third-order valence-electron chi connectivity index (χ3n) is 4.79. The Morgan fingerprint density at radius 1 is 1.21 bits per heavy atom. The van der Waals surface area contributed by atoms with E-state index in [9.17, 15) is 9.59 Å². The molecule has 0 radical (unpaired) electrons. The first-order valence-corrected chi connectivity index (χ1v) is 8.70. The summed E-state index contributed by atoms with van der Waals surface area (Å²) in [5.41, 5.74) is 0.588. The van der Waals surface area contributed by atoms with Gasteiger partial charge in [-0.2, -0.15) is 0 Å². The average molecular weight is 334 g/mol. The van der Waals surface area contributed by atoms with Crippen LogP contribution in [-0.2, 0) is 9.53 Å². The van der Waals surface area contributed by atoms with Crippen molar-refractivity contribution in [2.24, 2.45) is 23.7 Å². The van der Waals surface area contributed by atoms with Gasteiger partial charge >= 0.3 is 11.9 Å². The highest BCUT2D eigenvalue weighted by Crippen LogP contribution is 2.39. The van der Waals surface area contributed by atoms with Crippen LogP contribution in [0.5, 0.6) is 0 Å². The highest BCUT2D eigenvalue weighted by atomic mass is 16.5. The summed E-state index contributed by atoms with van der Waals surface area (Å²) in [6, 6.07) is 8.88. The predicted molar refractivity (Wildman–Crippen MR) is 94.9 cm³/mol. The number of hydrogen-bond acceptors (Lipinski definition) is 3. The lowest BCUT2D eigenvalue weighted by atomic mass is 9.69. The zero-order valence-electron chi connectivity index (χ0n) is 15.2. The van der Waals surface area contributed by atoms with E-state index < -0.39 is 5.97 Å². The Bertz CT molecular complexity index is 510. The lowest BCUT2D eigenvalue weighted by Crippen LogP contribution is -2.29. The highest BCUT2D eigenvalue weighted by molar-refractivity contribution is 5.89. The number of aliphatic carboxylic acids is 1. The van der Waals surface area contributed by atoms with Gasteiger partial charge in [-0.3, -0.25) is 4.79 Å². The van der Waals surface area contributed by atoms with Crippen molar-refractivity contribution in [2.45, 2.75) is 46.5 Å². The molecule has 1 N–H and O–H groups in total. The van der Waals surface area contributed by atoms with E-state index in [1.165, 1.54) is 20.0 Å². The summed E-state index contributed by atoms with van der Waals surface area (Å²) in [4.78, 5) is 21.5. The molecule has 3 unspecified atom stereocenters. The average Bonchev–Trinajstić information content (AvgIpc) is 2.54. The van der Waals surface area contributed by atoms with Gasteiger partial charge in [0.1, 0.15) is 0 Å². The van der Waals surface area contributed by atoms with E-state index in [0.717, 1.165) is 6.42 Å². The molecule has 0 bridgehead atoms. The lowest BCUT2D eigenvalue weighted by molar-refractivity contribution is -0.139. The van der Waals surface area contributed by atoms with Crippen LogP contribution in [0.1, 0.15) is 56.8 Å². The van der Waals surface area contributed by atoms with E-state index >= 15 is 0 Å². The summed E-state index contributed by atoms with van der Waals surface area (Å²) < 4.78 is 4.50. The molecule has 24 heavy (non-hydrogen) atoms. The molecule has 0 spiro atoms. The van der Waals surface area contributed by atoms with Crippen LogP contribution in [0.15, 0.2) is 30.3 Å². The van der Waals surface area contributed by atoms with Crippen molar-refractivity contribution >= 4 is 11.9 Å². The number of carbonyl (C=O) groups excluding carboxylic acids is 1. The molecule has 1 saturated carbocycles. The lowest BCUT2D eigenvalue weighted by Gasteiger charge is -2.36. The number of carboxylic acids is 1. The van der Waals surface area contributed by atoms with Crippen LogP contribution < -0.4 is 0 Å². The van der Waals surface area contributed by atoms with Gasteiger partial charge < -0.3 is 9.84 Å². The van der Waals surface area contributed by atoms with Crippen molar-refractivity contribution in [2.75, 3.05) is 7.11 Å². The SMILES string of the molecule is CC1CCC(C(C)C)C(CC(=O)O)C1.COC(=O)c1ccccc1. The number of rotatable bonds is 4. The van der Waals surface area contributed by atoms with Crippen LogP contribution in [0, 0.1) is 23.7 Å². The topological polar surface area (TPSA) is 63.6 Å². The van der Waals surface area contributed by atoms with Crippen molar-refractivity contribution in [3.05, 3.63) is 35.9 Å². The van der Waals surface area contributed by atoms with Gasteiger partial charge in [0.05, 0.1) is 12.7 Å². The van der Waals surface area contributed by atoms with E-state index in [1.807, 2.05) is 6.07 Å². The van der Waals surface area contributed by atoms with E-state index in [4.69, 9.17) is 5.11 Å². The first-order valence-electron chi connectivity index (χ1n) is 8.70. The van der Waals surface area contributed by atoms with E-state index in [-0.39, 0.29) is 5.97 Å². The first-order chi connectivity index (χ1) is 11.3. The van der Waals surface area contributed by atoms with Crippen molar-refractivity contribution in [3.63, 3.8) is 0 Å². The minimum Gasteiger partial charge on any atom is -0.481 e. The molecule has 4 heteroatoms. The quantitative estimate of drug-likeness (QED) is 0.815. The minimum atomic E-state index is -0.630. The number of carbonyl (C=O) groups is 2. The molecule has 1 aliphatic carbocycles. The Hall–Kier alpha value is -1.84. The summed E-state index contributed by atoms with van der Waals surface area (Å²) >= 11 is 0. The fourth-order valence-corrected chi connectivity index (χ4v) is 3.55. The van der Waals surface area contributed by atoms with Gasteiger partial charge in [0.25, 0.3) is 0 Å². The summed E-state index contributed by atoms with van der Waals surface area (Å²) in [5.74, 6) is 1.47. The summed E-state index contributed by atoms with van der Waals surface area (Å²) in [7, 11) is 1.37. The van der Waals surface area contributed by atoms with Crippen molar-refractivity contribution in [1.29, 1.82) is 0 Å². The fraction of sp³-hybridized carbons (Fsp3) is 0.600. The molecule has 4 nitrogen and oxygen atoms in total. The number of esters is 1. The third kappa shape index (κ3) is 6.73. The maximum absolute atomic E-state index is 10.8. The van der Waals surface area contributed by atoms with E-state index in [2.05, 4.69) is 25.5 Å². The molecule has 0 saturated heterocycles. The Labute approximate surface area is 145 Å². The molecule has 2 rings (SSSR count). The second-order valence-electron chi connectivity index (χ2n) is 7.04. The van der Waals surface area contributed by atoms with Crippen molar-refractivity contribution < 1.29 is 19.4 Å². The number of hydrogen-bond donors (Lipinski definition) is 1. The molecular weight excluding hydrogens is 304 g/mol. The molecule has 1 fully saturated rings. The van der Waals surface area contributed by atoms with Crippen LogP contribution in [0.25, 0.3) is 0 Å². The molecule has 3 atom stereocenters. The molecule has 0 aromatic heterocycles. The smallest absolute Gasteiger partial charge is 0.337 e. The number of ether oxygens (including phenoxy) is 1. The Morgan fingerprint density at radius 3 is 2.33 bits per heavy atom. The molecule has 0 heterocycles. The largest absolute Gasteiger partial charge is 0.481 e. The second-order valence-corrected chi connectivity index (χ2v) is 7.04. The monoisotopic (exact) mass is 334 g/mol. The zero-order valence-corrected chi connectivity index (χ0v) is 15.2. The normalized spacial score (nSPS) is 23.1. The van der Waals surface area contributed by atoms with E-state index in [0.29, 0.717) is 35.7 Å². The van der Waals surface area contributed by atoms with Gasteiger partial charge in [-0.15, -0.1) is 0 Å². The van der Waals surface area contributed by atoms with Gasteiger partial charge in [0.2, 0.25) is 0 Å². The highest BCUT2D eigenvalue weighted by Gasteiger charge is 2.31. The number of carboxylic acid groups (broad SMARTS) is 1. The Balaban J connectivity index is 0.000000254. The van der Waals surface area contributed by atoms with Crippen molar-refractivity contribution in [1.82, 2.24) is 0 Å². The second kappa shape index (κ2) is 10.1. The fourth-order valence-electron chi connectivity index (χ4n) is 3.55. The van der Waals surface area contributed by atoms with Crippen LogP contribution >= 0.6 is 0 Å². The van der Waals surface area contributed by atoms with Crippen molar-refractivity contribution in [3.8, 4) is 0 Å². The molecule has 1 aromatic rings. The van der Waals surface area contributed by atoms with Gasteiger partial charge in [0.15, 0.2) is 0 Å². The molecular formula is C20H30O4. The predicted octanol–water partition coefficient (Wildman–Crippen LogP) is 4.64. The Morgan fingerprint density at radius 2 is 1.83 bits per heavy atom. The molecule has 0 amide bonds. The zero-order chi connectivity index (χ0) is 18.1. The van der Waals surface area contributed by atoms with Crippen LogP contribution in [0.4, 0.5) is 0 Å². The van der Waals surface area contributed by atoms with E-state index in [1.54, 1.807) is 24.3 Å². The summed E-state index contributed by atoms with van der Waals surface area (Å²) in [6.07, 6.45) is 3.97. The molecule has 1 aliphatic rings. The summed E-state index contributed by atoms with van der Waals surface area (Å²) in [6.45, 7) is 6.68. The van der Waals surface area contributed by atoms with Crippen LogP contribution in [0.2, 0.25) is 0 Å². The van der Waals surface area contributed by atoms with Gasteiger partial charge in [-0.1, -0.05) is 45.4 Å². The molecule has 134 valence electrons. The van der Waals surface area contributed by atoms with Gasteiger partial charge in [-0.05, 0) is 48.6 Å². The summed E-state index contributed by atoms with van der Waals surface area (Å²) in [5, 5.41) is 8.85. The first kappa shape index (κ1) is 20.2. The van der Waals surface area contributed by atoms with Crippen LogP contribution in [-0.4, -0.2) is 24.2 Å². The van der Waals surface area contributed by atoms with Gasteiger partial charge in [0, 0.05) is 6.42 Å². The van der Waals surface area contributed by atoms with Crippen LogP contribution in [0.3, 0.4) is 0 Å². The molecule has 1 aromatic carbocycles. The number of methoxy groups -OCH3 is 1. The number of benzene rings is 1. The maximum Gasteiger partial charge on any atom is 0.337 e. The molecule has 0 aliphatic heterocycles. The standard InChI is InChI=1S/C12H22O2.C8H8O2/c1-8(2)11-5-4-9(3)6-10(11)7-12(13)14;1-10-8(9)7-5-3-2-4-6-7/h8-11H,4-7H2,1-3H3,(H,13,14);2-6H,1H3. The third-order valence-corrected chi connectivity index (χ3v) is 4.79. The van der Waals surface area contributed by atoms with Gasteiger partial charge in [-0.25, -0.2) is 4.79 Å². The maximum atomic E-state index is 10.8.